The van der Waals surface area contributed by atoms with Gasteiger partial charge < -0.3 is 15.7 Å². The summed E-state index contributed by atoms with van der Waals surface area (Å²) >= 11 is 0. The van der Waals surface area contributed by atoms with Crippen LogP contribution in [0.3, 0.4) is 0 Å². The molecule has 0 atom stereocenters. The van der Waals surface area contributed by atoms with Crippen LogP contribution in [0.5, 0.6) is 5.75 Å². The van der Waals surface area contributed by atoms with E-state index >= 15 is 0 Å². The zero-order valence-corrected chi connectivity index (χ0v) is 8.95. The summed E-state index contributed by atoms with van der Waals surface area (Å²) in [6.45, 7) is 3.16. The minimum absolute atomic E-state index is 0.187. The Labute approximate surface area is 93.2 Å². The quantitative estimate of drug-likeness (QED) is 0.639. The highest BCUT2D eigenvalue weighted by Crippen LogP contribution is 2.19. The SMILES string of the molecule is Cc1cc(O)ccc1NC(=O)C1=NCCN1. The maximum atomic E-state index is 11.7. The molecule has 84 valence electrons. The van der Waals surface area contributed by atoms with Gasteiger partial charge in [0.1, 0.15) is 5.75 Å². The Balaban J connectivity index is 2.11. The lowest BCUT2D eigenvalue weighted by Crippen LogP contribution is -2.32. The molecule has 0 spiro atoms. The number of phenolic OH excluding ortho intramolecular Hbond substituents is 1. The molecular formula is C11H13N3O2. The van der Waals surface area contributed by atoms with Gasteiger partial charge in [-0.05, 0) is 30.7 Å². The van der Waals surface area contributed by atoms with E-state index in [-0.39, 0.29) is 11.7 Å². The normalized spacial score (nSPS) is 14.2. The van der Waals surface area contributed by atoms with Crippen LogP contribution in [0.2, 0.25) is 0 Å². The number of aryl methyl sites for hydroxylation is 1. The predicted molar refractivity (Wildman–Crippen MR) is 61.8 cm³/mol. The summed E-state index contributed by atoms with van der Waals surface area (Å²) in [6, 6.07) is 4.80. The third-order valence-corrected chi connectivity index (χ3v) is 2.35. The van der Waals surface area contributed by atoms with E-state index < -0.39 is 0 Å². The van der Waals surface area contributed by atoms with Gasteiger partial charge in [-0.15, -0.1) is 0 Å². The van der Waals surface area contributed by atoms with Gasteiger partial charge in [-0.2, -0.15) is 0 Å². The second-order valence-corrected chi connectivity index (χ2v) is 3.61. The fourth-order valence-electron chi connectivity index (χ4n) is 1.52. The van der Waals surface area contributed by atoms with Gasteiger partial charge in [-0.25, -0.2) is 0 Å². The van der Waals surface area contributed by atoms with Crippen LogP contribution in [-0.2, 0) is 4.79 Å². The van der Waals surface area contributed by atoms with E-state index in [0.717, 1.165) is 5.56 Å². The molecule has 0 bridgehead atoms. The number of benzene rings is 1. The number of hydrogen-bond acceptors (Lipinski definition) is 4. The Morgan fingerprint density at radius 1 is 1.56 bits per heavy atom. The van der Waals surface area contributed by atoms with Crippen LogP contribution in [0.1, 0.15) is 5.56 Å². The molecule has 3 N–H and O–H groups in total. The van der Waals surface area contributed by atoms with Gasteiger partial charge in [0.2, 0.25) is 0 Å². The van der Waals surface area contributed by atoms with Crippen molar-refractivity contribution in [3.8, 4) is 5.75 Å². The molecule has 1 amide bonds. The number of phenols is 1. The molecule has 1 aromatic carbocycles. The number of aliphatic imine (C=N–C) groups is 1. The van der Waals surface area contributed by atoms with Gasteiger partial charge in [0.15, 0.2) is 5.84 Å². The van der Waals surface area contributed by atoms with Crippen molar-refractivity contribution in [3.63, 3.8) is 0 Å². The Hall–Kier alpha value is -2.04. The fraction of sp³-hybridized carbons (Fsp3) is 0.273. The van der Waals surface area contributed by atoms with Crippen LogP contribution in [-0.4, -0.2) is 29.9 Å². The molecule has 0 saturated heterocycles. The molecule has 0 unspecified atom stereocenters. The number of aromatic hydroxyl groups is 1. The first kappa shape index (κ1) is 10.5. The van der Waals surface area contributed by atoms with Gasteiger partial charge >= 0.3 is 0 Å². The van der Waals surface area contributed by atoms with Crippen LogP contribution in [0.4, 0.5) is 5.69 Å². The van der Waals surface area contributed by atoms with Crippen molar-refractivity contribution < 1.29 is 9.90 Å². The number of nitrogens with zero attached hydrogens (tertiary/aromatic N) is 1. The number of hydrogen-bond donors (Lipinski definition) is 3. The number of carbonyl (C=O) groups excluding carboxylic acids is 1. The Bertz CT molecular complexity index is 455. The number of rotatable bonds is 2. The second kappa shape index (κ2) is 4.22. The van der Waals surface area contributed by atoms with Crippen molar-refractivity contribution in [1.82, 2.24) is 5.32 Å². The summed E-state index contributed by atoms with van der Waals surface area (Å²) in [5.41, 5.74) is 1.49. The van der Waals surface area contributed by atoms with Crippen LogP contribution in [0.15, 0.2) is 23.2 Å². The molecule has 0 aliphatic carbocycles. The van der Waals surface area contributed by atoms with Gasteiger partial charge in [0.05, 0.1) is 6.54 Å². The van der Waals surface area contributed by atoms with Crippen molar-refractivity contribution in [2.45, 2.75) is 6.92 Å². The lowest BCUT2D eigenvalue weighted by Gasteiger charge is -2.08. The van der Waals surface area contributed by atoms with Crippen LogP contribution < -0.4 is 10.6 Å². The van der Waals surface area contributed by atoms with E-state index in [2.05, 4.69) is 15.6 Å². The molecule has 5 heteroatoms. The van der Waals surface area contributed by atoms with Crippen molar-refractivity contribution in [2.24, 2.45) is 4.99 Å². The molecule has 1 aromatic rings. The van der Waals surface area contributed by atoms with Crippen molar-refractivity contribution in [3.05, 3.63) is 23.8 Å². The molecule has 0 radical (unpaired) electrons. The Morgan fingerprint density at radius 2 is 2.38 bits per heavy atom. The standard InChI is InChI=1S/C11H13N3O2/c1-7-6-8(15)2-3-9(7)14-11(16)10-12-4-5-13-10/h2-3,6,15H,4-5H2,1H3,(H,12,13)(H,14,16). The number of amidine groups is 1. The first-order valence-corrected chi connectivity index (χ1v) is 5.06. The van der Waals surface area contributed by atoms with E-state index in [0.29, 0.717) is 24.6 Å². The first-order chi connectivity index (χ1) is 7.66. The average molecular weight is 219 g/mol. The second-order valence-electron chi connectivity index (χ2n) is 3.61. The number of amides is 1. The summed E-state index contributed by atoms with van der Waals surface area (Å²) in [7, 11) is 0. The predicted octanol–water partition coefficient (Wildman–Crippen LogP) is 0.641. The van der Waals surface area contributed by atoms with E-state index in [4.69, 9.17) is 0 Å². The highest BCUT2D eigenvalue weighted by atomic mass is 16.3. The van der Waals surface area contributed by atoms with E-state index in [1.807, 2.05) is 6.92 Å². The van der Waals surface area contributed by atoms with Gasteiger partial charge in [-0.3, -0.25) is 9.79 Å². The maximum Gasteiger partial charge on any atom is 0.290 e. The van der Waals surface area contributed by atoms with Crippen LogP contribution >= 0.6 is 0 Å². The molecule has 0 aromatic heterocycles. The smallest absolute Gasteiger partial charge is 0.290 e. The zero-order chi connectivity index (χ0) is 11.5. The monoisotopic (exact) mass is 219 g/mol. The van der Waals surface area contributed by atoms with Crippen molar-refractivity contribution in [2.75, 3.05) is 18.4 Å². The lowest BCUT2D eigenvalue weighted by molar-refractivity contribution is -0.110. The molecule has 1 aliphatic rings. The van der Waals surface area contributed by atoms with Crippen molar-refractivity contribution >= 4 is 17.4 Å². The third-order valence-electron chi connectivity index (χ3n) is 2.35. The molecule has 2 rings (SSSR count). The van der Waals surface area contributed by atoms with E-state index in [1.54, 1.807) is 12.1 Å². The van der Waals surface area contributed by atoms with Crippen molar-refractivity contribution in [1.29, 1.82) is 0 Å². The lowest BCUT2D eigenvalue weighted by atomic mass is 10.2. The molecule has 1 heterocycles. The van der Waals surface area contributed by atoms with Gasteiger partial charge in [0, 0.05) is 12.2 Å². The molecule has 0 saturated carbocycles. The van der Waals surface area contributed by atoms with Crippen LogP contribution in [0.25, 0.3) is 0 Å². The van der Waals surface area contributed by atoms with Gasteiger partial charge in [0.25, 0.3) is 5.91 Å². The average Bonchev–Trinajstić information content (AvgIpc) is 2.75. The van der Waals surface area contributed by atoms with E-state index in [1.165, 1.54) is 6.07 Å². The largest absolute Gasteiger partial charge is 0.508 e. The number of carbonyl (C=O) groups is 1. The maximum absolute atomic E-state index is 11.7. The van der Waals surface area contributed by atoms with Gasteiger partial charge in [-0.1, -0.05) is 0 Å². The topological polar surface area (TPSA) is 73.7 Å². The summed E-state index contributed by atoms with van der Waals surface area (Å²) < 4.78 is 0. The van der Waals surface area contributed by atoms with Crippen LogP contribution in [0, 0.1) is 6.92 Å². The van der Waals surface area contributed by atoms with E-state index in [9.17, 15) is 9.90 Å². The Morgan fingerprint density at radius 3 is 3.00 bits per heavy atom. The molecule has 16 heavy (non-hydrogen) atoms. The highest BCUT2D eigenvalue weighted by molar-refractivity contribution is 6.42. The summed E-state index contributed by atoms with van der Waals surface area (Å²) in [5.74, 6) is 0.311. The first-order valence-electron chi connectivity index (χ1n) is 5.06. The zero-order valence-electron chi connectivity index (χ0n) is 8.95. The minimum Gasteiger partial charge on any atom is -0.508 e. The minimum atomic E-state index is -0.244. The third kappa shape index (κ3) is 2.13. The number of anilines is 1. The molecule has 5 nitrogen and oxygen atoms in total. The molecular weight excluding hydrogens is 206 g/mol. The summed E-state index contributed by atoms with van der Waals surface area (Å²) in [6.07, 6.45) is 0. The number of nitrogens with one attached hydrogen (secondary N) is 2. The highest BCUT2D eigenvalue weighted by Gasteiger charge is 2.15. The summed E-state index contributed by atoms with van der Waals surface area (Å²) in [4.78, 5) is 15.7. The molecule has 1 aliphatic heterocycles. The summed E-state index contributed by atoms with van der Waals surface area (Å²) in [5, 5.41) is 14.9. The molecule has 0 fully saturated rings. The fourth-order valence-corrected chi connectivity index (χ4v) is 1.52. The Kier molecular flexibility index (Phi) is 2.76.